The average Bonchev–Trinajstić information content (AvgIpc) is 3.23. The van der Waals surface area contributed by atoms with Crippen LogP contribution in [0.5, 0.6) is 0 Å². The number of anilines is 1. The Kier molecular flexibility index (Phi) is 5.45. The largest absolute Gasteiger partial charge is 0.468 e. The lowest BCUT2D eigenvalue weighted by molar-refractivity contribution is -0.146. The van der Waals surface area contributed by atoms with Gasteiger partial charge in [0.1, 0.15) is 6.04 Å². The van der Waals surface area contributed by atoms with Crippen molar-refractivity contribution >= 4 is 28.9 Å². The van der Waals surface area contributed by atoms with E-state index in [1.165, 1.54) is 7.11 Å². The molecule has 1 N–H and O–H groups in total. The number of carbonyl (C=O) groups is 2. The Morgan fingerprint density at radius 2 is 2.28 bits per heavy atom. The molecule has 0 saturated carbocycles. The Labute approximate surface area is 150 Å². The predicted molar refractivity (Wildman–Crippen MR) is 97.5 cm³/mol. The first kappa shape index (κ1) is 17.6. The maximum atomic E-state index is 12.4. The number of ether oxygens (including phenoxy) is 1. The molecule has 1 aromatic heterocycles. The summed E-state index contributed by atoms with van der Waals surface area (Å²) in [5, 5.41) is 5.91. The molecular formula is C18H21N3O3S. The summed E-state index contributed by atoms with van der Waals surface area (Å²) in [6.07, 6.45) is 1.63. The van der Waals surface area contributed by atoms with Crippen molar-refractivity contribution in [1.82, 2.24) is 9.88 Å². The van der Waals surface area contributed by atoms with E-state index in [-0.39, 0.29) is 24.5 Å². The molecule has 3 rings (SSSR count). The molecule has 132 valence electrons. The number of rotatable bonds is 5. The SMILES string of the molecule is COC(=O)C1CCCN1CC(=O)Nc1cccc(-c2csc(C)n2)c1. The Bertz CT molecular complexity index is 774. The molecule has 0 spiro atoms. The zero-order valence-electron chi connectivity index (χ0n) is 14.3. The molecular weight excluding hydrogens is 338 g/mol. The van der Waals surface area contributed by atoms with Crippen molar-refractivity contribution in [2.24, 2.45) is 0 Å². The molecule has 7 heteroatoms. The highest BCUT2D eigenvalue weighted by molar-refractivity contribution is 7.09. The van der Waals surface area contributed by atoms with Crippen molar-refractivity contribution in [2.75, 3.05) is 25.5 Å². The zero-order chi connectivity index (χ0) is 17.8. The van der Waals surface area contributed by atoms with E-state index < -0.39 is 0 Å². The van der Waals surface area contributed by atoms with Crippen molar-refractivity contribution in [3.63, 3.8) is 0 Å². The Hall–Kier alpha value is -2.25. The van der Waals surface area contributed by atoms with Gasteiger partial charge in [-0.3, -0.25) is 14.5 Å². The van der Waals surface area contributed by atoms with Gasteiger partial charge in [0.05, 0.1) is 24.4 Å². The standard InChI is InChI=1S/C18H21N3O3S/c1-12-19-15(11-25-12)13-5-3-6-14(9-13)20-17(22)10-21-8-4-7-16(21)18(23)24-2/h3,5-6,9,11,16H,4,7-8,10H2,1-2H3,(H,20,22). The summed E-state index contributed by atoms with van der Waals surface area (Å²) < 4.78 is 4.81. The molecule has 2 aromatic rings. The Morgan fingerprint density at radius 3 is 3.00 bits per heavy atom. The van der Waals surface area contributed by atoms with Crippen LogP contribution in [-0.4, -0.2) is 48.0 Å². The molecule has 0 aliphatic carbocycles. The number of nitrogens with zero attached hydrogens (tertiary/aromatic N) is 2. The third-order valence-corrected chi connectivity index (χ3v) is 5.02. The minimum Gasteiger partial charge on any atom is -0.468 e. The number of aromatic nitrogens is 1. The van der Waals surface area contributed by atoms with E-state index in [2.05, 4.69) is 10.3 Å². The third-order valence-electron chi connectivity index (χ3n) is 4.24. The fourth-order valence-corrected chi connectivity index (χ4v) is 3.68. The normalized spacial score (nSPS) is 17.4. The summed E-state index contributed by atoms with van der Waals surface area (Å²) in [6.45, 7) is 2.87. The van der Waals surface area contributed by atoms with Gasteiger partial charge in [0.2, 0.25) is 5.91 Å². The average molecular weight is 359 g/mol. The van der Waals surface area contributed by atoms with Gasteiger partial charge in [-0.2, -0.15) is 0 Å². The van der Waals surface area contributed by atoms with Gasteiger partial charge in [0.15, 0.2) is 0 Å². The molecule has 1 aliphatic heterocycles. The van der Waals surface area contributed by atoms with E-state index in [4.69, 9.17) is 4.74 Å². The highest BCUT2D eigenvalue weighted by Gasteiger charge is 2.32. The number of esters is 1. The highest BCUT2D eigenvalue weighted by atomic mass is 32.1. The topological polar surface area (TPSA) is 71.5 Å². The summed E-state index contributed by atoms with van der Waals surface area (Å²) >= 11 is 1.60. The van der Waals surface area contributed by atoms with Crippen LogP contribution >= 0.6 is 11.3 Å². The van der Waals surface area contributed by atoms with Crippen LogP contribution in [0.4, 0.5) is 5.69 Å². The van der Waals surface area contributed by atoms with Crippen molar-refractivity contribution in [2.45, 2.75) is 25.8 Å². The van der Waals surface area contributed by atoms with Gasteiger partial charge in [-0.1, -0.05) is 12.1 Å². The summed E-state index contributed by atoms with van der Waals surface area (Å²) in [5.41, 5.74) is 2.60. The van der Waals surface area contributed by atoms with Crippen LogP contribution < -0.4 is 5.32 Å². The quantitative estimate of drug-likeness (QED) is 0.831. The Morgan fingerprint density at radius 1 is 1.44 bits per heavy atom. The lowest BCUT2D eigenvalue weighted by Crippen LogP contribution is -2.41. The van der Waals surface area contributed by atoms with Crippen molar-refractivity contribution < 1.29 is 14.3 Å². The summed E-state index contributed by atoms with van der Waals surface area (Å²) in [5.74, 6) is -0.409. The van der Waals surface area contributed by atoms with E-state index >= 15 is 0 Å². The van der Waals surface area contributed by atoms with Gasteiger partial charge < -0.3 is 10.1 Å². The maximum Gasteiger partial charge on any atom is 0.323 e. The molecule has 1 aromatic carbocycles. The van der Waals surface area contributed by atoms with Crippen LogP contribution in [0.25, 0.3) is 11.3 Å². The molecule has 1 fully saturated rings. The van der Waals surface area contributed by atoms with Gasteiger partial charge in [0, 0.05) is 16.6 Å². The minimum atomic E-state index is -0.319. The maximum absolute atomic E-state index is 12.4. The summed E-state index contributed by atoms with van der Waals surface area (Å²) in [7, 11) is 1.38. The van der Waals surface area contributed by atoms with Crippen molar-refractivity contribution in [3.05, 3.63) is 34.7 Å². The second-order valence-electron chi connectivity index (χ2n) is 6.03. The van der Waals surface area contributed by atoms with Crippen LogP contribution in [0.3, 0.4) is 0 Å². The smallest absolute Gasteiger partial charge is 0.323 e. The molecule has 2 heterocycles. The lowest BCUT2D eigenvalue weighted by atomic mass is 10.1. The fraction of sp³-hybridized carbons (Fsp3) is 0.389. The van der Waals surface area contributed by atoms with Crippen LogP contribution in [0.1, 0.15) is 17.8 Å². The van der Waals surface area contributed by atoms with Crippen LogP contribution in [0, 0.1) is 6.92 Å². The molecule has 1 saturated heterocycles. The van der Waals surface area contributed by atoms with E-state index in [0.29, 0.717) is 0 Å². The van der Waals surface area contributed by atoms with Gasteiger partial charge in [-0.25, -0.2) is 4.98 Å². The van der Waals surface area contributed by atoms with Gasteiger partial charge in [-0.05, 0) is 38.4 Å². The number of aryl methyl sites for hydroxylation is 1. The van der Waals surface area contributed by atoms with E-state index in [0.717, 1.165) is 41.3 Å². The Balaban J connectivity index is 1.64. The fourth-order valence-electron chi connectivity index (χ4n) is 3.06. The van der Waals surface area contributed by atoms with E-state index in [9.17, 15) is 9.59 Å². The number of methoxy groups -OCH3 is 1. The summed E-state index contributed by atoms with van der Waals surface area (Å²) in [6, 6.07) is 7.31. The molecule has 1 amide bonds. The molecule has 6 nitrogen and oxygen atoms in total. The number of likely N-dealkylation sites (tertiary alicyclic amines) is 1. The molecule has 1 aliphatic rings. The number of amides is 1. The monoisotopic (exact) mass is 359 g/mol. The molecule has 1 unspecified atom stereocenters. The number of nitrogens with one attached hydrogen (secondary N) is 1. The van der Waals surface area contributed by atoms with Crippen molar-refractivity contribution in [3.8, 4) is 11.3 Å². The predicted octanol–water partition coefficient (Wildman–Crippen LogP) is 2.69. The second-order valence-corrected chi connectivity index (χ2v) is 7.09. The molecule has 0 radical (unpaired) electrons. The third kappa shape index (κ3) is 4.24. The minimum absolute atomic E-state index is 0.137. The van der Waals surface area contributed by atoms with Crippen LogP contribution in [0.15, 0.2) is 29.6 Å². The number of hydrogen-bond acceptors (Lipinski definition) is 6. The first-order valence-electron chi connectivity index (χ1n) is 8.21. The van der Waals surface area contributed by atoms with Crippen LogP contribution in [0.2, 0.25) is 0 Å². The van der Waals surface area contributed by atoms with Gasteiger partial charge in [0.25, 0.3) is 0 Å². The lowest BCUT2D eigenvalue weighted by Gasteiger charge is -2.21. The molecule has 25 heavy (non-hydrogen) atoms. The molecule has 1 atom stereocenters. The zero-order valence-corrected chi connectivity index (χ0v) is 15.1. The van der Waals surface area contributed by atoms with Gasteiger partial charge in [-0.15, -0.1) is 11.3 Å². The highest BCUT2D eigenvalue weighted by Crippen LogP contribution is 2.24. The number of hydrogen-bond donors (Lipinski definition) is 1. The summed E-state index contributed by atoms with van der Waals surface area (Å²) in [4.78, 5) is 30.5. The molecule has 0 bridgehead atoms. The number of benzene rings is 1. The number of thiazole rings is 1. The van der Waals surface area contributed by atoms with E-state index in [1.54, 1.807) is 11.3 Å². The van der Waals surface area contributed by atoms with Crippen molar-refractivity contribution in [1.29, 1.82) is 0 Å². The first-order chi connectivity index (χ1) is 12.1. The van der Waals surface area contributed by atoms with Gasteiger partial charge >= 0.3 is 5.97 Å². The second kappa shape index (κ2) is 7.76. The van der Waals surface area contributed by atoms with Crippen LogP contribution in [-0.2, 0) is 14.3 Å². The first-order valence-corrected chi connectivity index (χ1v) is 9.09. The van der Waals surface area contributed by atoms with E-state index in [1.807, 2.05) is 41.5 Å². The number of carbonyl (C=O) groups excluding carboxylic acids is 2.